The molecule has 8 heteroatoms. The zero-order valence-electron chi connectivity index (χ0n) is 19.5. The molecule has 4 rings (SSSR count). The largest absolute Gasteiger partial charge is 0.329 e. The summed E-state index contributed by atoms with van der Waals surface area (Å²) in [5, 5.41) is 8.51. The van der Waals surface area contributed by atoms with E-state index in [1.54, 1.807) is 27.8 Å². The van der Waals surface area contributed by atoms with E-state index < -0.39 is 0 Å². The number of nitrogens with one attached hydrogen (secondary N) is 1. The highest BCUT2D eigenvalue weighted by Crippen LogP contribution is 2.32. The minimum absolute atomic E-state index is 0.0192. The van der Waals surface area contributed by atoms with Gasteiger partial charge in [0, 0.05) is 23.9 Å². The molecule has 0 aliphatic heterocycles. The van der Waals surface area contributed by atoms with Crippen LogP contribution in [0, 0.1) is 5.92 Å². The van der Waals surface area contributed by atoms with Crippen LogP contribution >= 0.6 is 23.2 Å². The average Bonchev–Trinajstić information content (AvgIpc) is 3.55. The molecule has 1 aliphatic rings. The van der Waals surface area contributed by atoms with Crippen LogP contribution in [0.4, 0.5) is 5.82 Å². The normalized spacial score (nSPS) is 13.6. The summed E-state index contributed by atoms with van der Waals surface area (Å²) in [6, 6.07) is 16.8. The number of aromatic nitrogens is 2. The van der Waals surface area contributed by atoms with Gasteiger partial charge in [0.25, 0.3) is 0 Å². The van der Waals surface area contributed by atoms with Crippen LogP contribution in [0.25, 0.3) is 5.69 Å². The first-order valence-corrected chi connectivity index (χ1v) is 12.1. The van der Waals surface area contributed by atoms with Gasteiger partial charge in [0.15, 0.2) is 0 Å². The number of hydrogen-bond acceptors (Lipinski definition) is 3. The standard InChI is InChI=1S/C26H28Cl2N4O2/c1-26(2,3)22-14-23(32(30-22)19-11-12-20(27)21(28)13-19)29-24(33)16-31(25(34)18-9-10-18)15-17-7-5-4-6-8-17/h4-8,11-14,18H,9-10,15-16H2,1-3H3,(H,29,33). The molecule has 2 aromatic carbocycles. The van der Waals surface area contributed by atoms with E-state index in [1.807, 2.05) is 36.4 Å². The van der Waals surface area contributed by atoms with Crippen molar-refractivity contribution in [2.45, 2.75) is 45.6 Å². The van der Waals surface area contributed by atoms with Gasteiger partial charge in [-0.15, -0.1) is 0 Å². The number of amides is 2. The number of anilines is 1. The van der Waals surface area contributed by atoms with Crippen molar-refractivity contribution < 1.29 is 9.59 Å². The second-order valence-electron chi connectivity index (χ2n) is 9.68. The quantitative estimate of drug-likeness (QED) is 0.443. The lowest BCUT2D eigenvalue weighted by Gasteiger charge is -2.22. The third-order valence-corrected chi connectivity index (χ3v) is 6.42. The molecular weight excluding hydrogens is 471 g/mol. The van der Waals surface area contributed by atoms with Gasteiger partial charge in [-0.3, -0.25) is 9.59 Å². The highest BCUT2D eigenvalue weighted by Gasteiger charge is 2.34. The van der Waals surface area contributed by atoms with Crippen molar-refractivity contribution in [2.75, 3.05) is 11.9 Å². The fourth-order valence-electron chi connectivity index (χ4n) is 3.61. The number of halogens is 2. The van der Waals surface area contributed by atoms with E-state index >= 15 is 0 Å². The summed E-state index contributed by atoms with van der Waals surface area (Å²) in [6.07, 6.45) is 1.76. The predicted octanol–water partition coefficient (Wildman–Crippen LogP) is 5.85. The van der Waals surface area contributed by atoms with Crippen molar-refractivity contribution in [3.05, 3.63) is 75.9 Å². The van der Waals surface area contributed by atoms with Crippen molar-refractivity contribution in [2.24, 2.45) is 5.92 Å². The van der Waals surface area contributed by atoms with Crippen LogP contribution < -0.4 is 5.32 Å². The van der Waals surface area contributed by atoms with E-state index in [0.717, 1.165) is 24.1 Å². The number of carbonyl (C=O) groups excluding carboxylic acids is 2. The molecule has 0 atom stereocenters. The molecule has 1 heterocycles. The number of rotatable bonds is 7. The number of benzene rings is 2. The molecule has 0 spiro atoms. The Morgan fingerprint density at radius 3 is 2.38 bits per heavy atom. The monoisotopic (exact) mass is 498 g/mol. The Morgan fingerprint density at radius 1 is 1.06 bits per heavy atom. The Labute approximate surface area is 209 Å². The molecule has 1 N–H and O–H groups in total. The zero-order chi connectivity index (χ0) is 24.5. The summed E-state index contributed by atoms with van der Waals surface area (Å²) in [5.41, 5.74) is 2.24. The lowest BCUT2D eigenvalue weighted by molar-refractivity contribution is -0.136. The SMILES string of the molecule is CC(C)(C)c1cc(NC(=O)CN(Cc2ccccc2)C(=O)C2CC2)n(-c2ccc(Cl)c(Cl)c2)n1. The van der Waals surface area contributed by atoms with Gasteiger partial charge < -0.3 is 10.2 Å². The van der Waals surface area contributed by atoms with Crippen molar-refractivity contribution >= 4 is 40.8 Å². The topological polar surface area (TPSA) is 67.2 Å². The Bertz CT molecular complexity index is 1200. The summed E-state index contributed by atoms with van der Waals surface area (Å²) < 4.78 is 1.64. The molecule has 1 aliphatic carbocycles. The first kappa shape index (κ1) is 24.3. The van der Waals surface area contributed by atoms with E-state index in [1.165, 1.54) is 0 Å². The summed E-state index contributed by atoms with van der Waals surface area (Å²) in [4.78, 5) is 27.7. The Hall–Kier alpha value is -2.83. The maximum Gasteiger partial charge on any atom is 0.245 e. The first-order valence-electron chi connectivity index (χ1n) is 11.3. The summed E-state index contributed by atoms with van der Waals surface area (Å²) in [7, 11) is 0. The molecule has 6 nitrogen and oxygen atoms in total. The third kappa shape index (κ3) is 5.80. The van der Waals surface area contributed by atoms with E-state index in [2.05, 4.69) is 26.1 Å². The molecular formula is C26H28Cl2N4O2. The average molecular weight is 499 g/mol. The maximum absolute atomic E-state index is 13.1. The molecule has 178 valence electrons. The Balaban J connectivity index is 1.58. The molecule has 0 bridgehead atoms. The summed E-state index contributed by atoms with van der Waals surface area (Å²) >= 11 is 12.3. The van der Waals surface area contributed by atoms with E-state index in [9.17, 15) is 9.59 Å². The molecule has 34 heavy (non-hydrogen) atoms. The highest BCUT2D eigenvalue weighted by atomic mass is 35.5. The second kappa shape index (κ2) is 9.80. The van der Waals surface area contributed by atoms with Crippen LogP contribution in [-0.4, -0.2) is 33.0 Å². The molecule has 3 aromatic rings. The second-order valence-corrected chi connectivity index (χ2v) is 10.5. The lowest BCUT2D eigenvalue weighted by atomic mass is 9.92. The van der Waals surface area contributed by atoms with E-state index in [4.69, 9.17) is 28.3 Å². The predicted molar refractivity (Wildman–Crippen MR) is 135 cm³/mol. The van der Waals surface area contributed by atoms with Crippen LogP contribution in [0.3, 0.4) is 0 Å². The molecule has 1 saturated carbocycles. The van der Waals surface area contributed by atoms with Crippen LogP contribution in [0.1, 0.15) is 44.9 Å². The van der Waals surface area contributed by atoms with Crippen molar-refractivity contribution in [1.29, 1.82) is 0 Å². The van der Waals surface area contributed by atoms with Crippen molar-refractivity contribution in [3.8, 4) is 5.69 Å². The van der Waals surface area contributed by atoms with Crippen molar-refractivity contribution in [1.82, 2.24) is 14.7 Å². The smallest absolute Gasteiger partial charge is 0.245 e. The van der Waals surface area contributed by atoms with Gasteiger partial charge in [-0.05, 0) is 36.6 Å². The molecule has 1 aromatic heterocycles. The minimum atomic E-state index is -0.286. The first-order chi connectivity index (χ1) is 16.1. The van der Waals surface area contributed by atoms with Crippen LogP contribution in [0.5, 0.6) is 0 Å². The molecule has 0 radical (unpaired) electrons. The fourth-order valence-corrected chi connectivity index (χ4v) is 3.90. The van der Waals surface area contributed by atoms with E-state index in [-0.39, 0.29) is 29.7 Å². The van der Waals surface area contributed by atoms with Crippen LogP contribution in [0.2, 0.25) is 10.0 Å². The summed E-state index contributed by atoms with van der Waals surface area (Å²) in [6.45, 7) is 6.51. The third-order valence-electron chi connectivity index (χ3n) is 5.68. The number of carbonyl (C=O) groups is 2. The Morgan fingerprint density at radius 2 is 1.76 bits per heavy atom. The minimum Gasteiger partial charge on any atom is -0.329 e. The molecule has 0 saturated heterocycles. The fraction of sp³-hybridized carbons (Fsp3) is 0.346. The van der Waals surface area contributed by atoms with Gasteiger partial charge in [-0.25, -0.2) is 4.68 Å². The zero-order valence-corrected chi connectivity index (χ0v) is 21.0. The summed E-state index contributed by atoms with van der Waals surface area (Å²) in [5.74, 6) is 0.261. The molecule has 0 unspecified atom stereocenters. The molecule has 1 fully saturated rings. The van der Waals surface area contributed by atoms with Gasteiger partial charge >= 0.3 is 0 Å². The number of hydrogen-bond donors (Lipinski definition) is 1. The van der Waals surface area contributed by atoms with Gasteiger partial charge in [-0.2, -0.15) is 5.10 Å². The molecule has 2 amide bonds. The van der Waals surface area contributed by atoms with Crippen LogP contribution in [-0.2, 0) is 21.5 Å². The van der Waals surface area contributed by atoms with Gasteiger partial charge in [0.1, 0.15) is 12.4 Å². The number of nitrogens with zero attached hydrogens (tertiary/aromatic N) is 3. The van der Waals surface area contributed by atoms with Crippen molar-refractivity contribution in [3.63, 3.8) is 0 Å². The van der Waals surface area contributed by atoms with E-state index in [0.29, 0.717) is 28.1 Å². The van der Waals surface area contributed by atoms with Gasteiger partial charge in [0.05, 0.1) is 21.4 Å². The van der Waals surface area contributed by atoms with Gasteiger partial charge in [0.2, 0.25) is 11.8 Å². The highest BCUT2D eigenvalue weighted by molar-refractivity contribution is 6.42. The maximum atomic E-state index is 13.1. The lowest BCUT2D eigenvalue weighted by Crippen LogP contribution is -2.38. The van der Waals surface area contributed by atoms with Gasteiger partial charge in [-0.1, -0.05) is 74.3 Å². The Kier molecular flexibility index (Phi) is 7.01. The van der Waals surface area contributed by atoms with Crippen LogP contribution in [0.15, 0.2) is 54.6 Å².